The third-order valence-electron chi connectivity index (χ3n) is 3.96. The fraction of sp³-hybridized carbons (Fsp3) is 0.158. The van der Waals surface area contributed by atoms with E-state index in [1.807, 2.05) is 55.5 Å². The van der Waals surface area contributed by atoms with E-state index in [9.17, 15) is 0 Å². The Kier molecular flexibility index (Phi) is 3.54. The molecule has 0 fully saturated rings. The molecule has 0 radical (unpaired) electrons. The highest BCUT2D eigenvalue weighted by Gasteiger charge is 2.16. The summed E-state index contributed by atoms with van der Waals surface area (Å²) in [5.74, 6) is 3.24. The van der Waals surface area contributed by atoms with Gasteiger partial charge in [-0.2, -0.15) is 0 Å². The number of ether oxygens (including phenoxy) is 1. The first-order chi connectivity index (χ1) is 11.7. The normalized spacial score (nSPS) is 11.1. The lowest BCUT2D eigenvalue weighted by Gasteiger charge is -2.08. The summed E-state index contributed by atoms with van der Waals surface area (Å²) in [5, 5.41) is 0. The van der Waals surface area contributed by atoms with Crippen molar-refractivity contribution in [2.45, 2.75) is 13.5 Å². The van der Waals surface area contributed by atoms with E-state index in [4.69, 9.17) is 14.1 Å². The highest BCUT2D eigenvalue weighted by Crippen LogP contribution is 2.26. The molecule has 3 aromatic heterocycles. The average Bonchev–Trinajstić information content (AvgIpc) is 3.20. The van der Waals surface area contributed by atoms with Crippen molar-refractivity contribution in [3.8, 4) is 17.3 Å². The molecule has 1 aromatic carbocycles. The number of furan rings is 1. The van der Waals surface area contributed by atoms with Gasteiger partial charge in [0, 0.05) is 6.20 Å². The van der Waals surface area contributed by atoms with Crippen LogP contribution < -0.4 is 4.74 Å². The van der Waals surface area contributed by atoms with Gasteiger partial charge in [0.1, 0.15) is 17.0 Å². The molecule has 3 heterocycles. The van der Waals surface area contributed by atoms with Crippen LogP contribution in [0.15, 0.2) is 59.1 Å². The van der Waals surface area contributed by atoms with Gasteiger partial charge in [-0.15, -0.1) is 0 Å². The van der Waals surface area contributed by atoms with E-state index in [1.165, 1.54) is 0 Å². The van der Waals surface area contributed by atoms with E-state index in [1.54, 1.807) is 13.3 Å². The lowest BCUT2D eigenvalue weighted by molar-refractivity contribution is 0.414. The van der Waals surface area contributed by atoms with Gasteiger partial charge in [0.2, 0.25) is 0 Å². The SMILES string of the molecule is COc1ccc(Cn2c(-c3ccc(C)o3)nc3cccnc32)cc1. The van der Waals surface area contributed by atoms with Crippen LogP contribution in [0.1, 0.15) is 11.3 Å². The lowest BCUT2D eigenvalue weighted by Crippen LogP contribution is -2.03. The maximum atomic E-state index is 5.78. The summed E-state index contributed by atoms with van der Waals surface area (Å²) in [6, 6.07) is 15.8. The van der Waals surface area contributed by atoms with Crippen molar-refractivity contribution in [2.75, 3.05) is 7.11 Å². The number of rotatable bonds is 4. The Morgan fingerprint density at radius 2 is 1.92 bits per heavy atom. The molecule has 0 saturated heterocycles. The van der Waals surface area contributed by atoms with Crippen molar-refractivity contribution in [1.82, 2.24) is 14.5 Å². The van der Waals surface area contributed by atoms with E-state index in [0.717, 1.165) is 39.8 Å². The first-order valence-electron chi connectivity index (χ1n) is 7.75. The predicted octanol–water partition coefficient (Wildman–Crippen LogP) is 4.06. The smallest absolute Gasteiger partial charge is 0.178 e. The summed E-state index contributed by atoms with van der Waals surface area (Å²) in [6.07, 6.45) is 1.78. The number of fused-ring (bicyclic) bond motifs is 1. The minimum Gasteiger partial charge on any atom is -0.497 e. The molecule has 0 N–H and O–H groups in total. The van der Waals surface area contributed by atoms with E-state index in [-0.39, 0.29) is 0 Å². The van der Waals surface area contributed by atoms with Gasteiger partial charge in [-0.1, -0.05) is 12.1 Å². The molecule has 5 heteroatoms. The van der Waals surface area contributed by atoms with Crippen molar-refractivity contribution in [3.05, 3.63) is 66.1 Å². The van der Waals surface area contributed by atoms with Crippen molar-refractivity contribution < 1.29 is 9.15 Å². The fourth-order valence-electron chi connectivity index (χ4n) is 2.76. The Labute approximate surface area is 139 Å². The number of imidazole rings is 1. The van der Waals surface area contributed by atoms with Crippen LogP contribution in [0.4, 0.5) is 0 Å². The molecule has 4 rings (SSSR count). The monoisotopic (exact) mass is 319 g/mol. The van der Waals surface area contributed by atoms with Crippen molar-refractivity contribution >= 4 is 11.2 Å². The molecule has 5 nitrogen and oxygen atoms in total. The van der Waals surface area contributed by atoms with Gasteiger partial charge in [-0.25, -0.2) is 9.97 Å². The molecule has 0 aliphatic carbocycles. The van der Waals surface area contributed by atoms with E-state index in [2.05, 4.69) is 9.55 Å². The average molecular weight is 319 g/mol. The number of pyridine rings is 1. The molecule has 0 unspecified atom stereocenters. The van der Waals surface area contributed by atoms with Crippen molar-refractivity contribution in [3.63, 3.8) is 0 Å². The quantitative estimate of drug-likeness (QED) is 0.569. The summed E-state index contributed by atoms with van der Waals surface area (Å²) in [5.41, 5.74) is 2.85. The van der Waals surface area contributed by atoms with Crippen LogP contribution in [-0.4, -0.2) is 21.6 Å². The molecule has 0 spiro atoms. The lowest BCUT2D eigenvalue weighted by atomic mass is 10.2. The molecule has 0 atom stereocenters. The van der Waals surface area contributed by atoms with E-state index < -0.39 is 0 Å². The topological polar surface area (TPSA) is 53.1 Å². The second-order valence-corrected chi connectivity index (χ2v) is 5.63. The third kappa shape index (κ3) is 2.54. The number of methoxy groups -OCH3 is 1. The molecule has 4 aromatic rings. The van der Waals surface area contributed by atoms with Crippen LogP contribution in [0, 0.1) is 6.92 Å². The van der Waals surface area contributed by atoms with Crippen LogP contribution in [-0.2, 0) is 6.54 Å². The molecule has 0 amide bonds. The zero-order valence-electron chi connectivity index (χ0n) is 13.6. The molecule has 0 aliphatic heterocycles. The third-order valence-corrected chi connectivity index (χ3v) is 3.96. The number of aromatic nitrogens is 3. The summed E-state index contributed by atoms with van der Waals surface area (Å²) in [7, 11) is 1.67. The minimum atomic E-state index is 0.659. The fourth-order valence-corrected chi connectivity index (χ4v) is 2.76. The van der Waals surface area contributed by atoms with Crippen LogP contribution in [0.2, 0.25) is 0 Å². The Morgan fingerprint density at radius 1 is 1.08 bits per heavy atom. The molecule has 120 valence electrons. The number of hydrogen-bond donors (Lipinski definition) is 0. The Morgan fingerprint density at radius 3 is 2.62 bits per heavy atom. The largest absolute Gasteiger partial charge is 0.497 e. The van der Waals surface area contributed by atoms with Gasteiger partial charge in [-0.05, 0) is 48.9 Å². The van der Waals surface area contributed by atoms with E-state index >= 15 is 0 Å². The maximum Gasteiger partial charge on any atom is 0.178 e. The number of nitrogens with zero attached hydrogens (tertiary/aromatic N) is 3. The predicted molar refractivity (Wildman–Crippen MR) is 92.1 cm³/mol. The first-order valence-corrected chi connectivity index (χ1v) is 7.75. The maximum absolute atomic E-state index is 5.78. The second kappa shape index (κ2) is 5.85. The van der Waals surface area contributed by atoms with Crippen LogP contribution in [0.5, 0.6) is 5.75 Å². The first kappa shape index (κ1) is 14.5. The Bertz CT molecular complexity index is 983. The molecule has 0 bridgehead atoms. The molecule has 0 saturated carbocycles. The van der Waals surface area contributed by atoms with Crippen LogP contribution in [0.25, 0.3) is 22.7 Å². The van der Waals surface area contributed by atoms with Gasteiger partial charge in [-0.3, -0.25) is 0 Å². The zero-order chi connectivity index (χ0) is 16.5. The number of hydrogen-bond acceptors (Lipinski definition) is 4. The van der Waals surface area contributed by atoms with Gasteiger partial charge >= 0.3 is 0 Å². The van der Waals surface area contributed by atoms with Gasteiger partial charge in [0.05, 0.1) is 13.7 Å². The summed E-state index contributed by atoms with van der Waals surface area (Å²) in [6.45, 7) is 2.59. The van der Waals surface area contributed by atoms with Crippen molar-refractivity contribution in [1.29, 1.82) is 0 Å². The van der Waals surface area contributed by atoms with Gasteiger partial charge in [0.25, 0.3) is 0 Å². The number of benzene rings is 1. The van der Waals surface area contributed by atoms with Crippen LogP contribution >= 0.6 is 0 Å². The zero-order valence-corrected chi connectivity index (χ0v) is 13.6. The Hall–Kier alpha value is -3.08. The number of aryl methyl sites for hydroxylation is 1. The molecule has 24 heavy (non-hydrogen) atoms. The van der Waals surface area contributed by atoms with Crippen LogP contribution in [0.3, 0.4) is 0 Å². The highest BCUT2D eigenvalue weighted by molar-refractivity contribution is 5.76. The Balaban J connectivity index is 1.82. The second-order valence-electron chi connectivity index (χ2n) is 5.63. The standard InChI is InChI=1S/C19H17N3O2/c1-13-5-10-17(24-13)19-21-16-4-3-11-20-18(16)22(19)12-14-6-8-15(23-2)9-7-14/h3-11H,12H2,1-2H3. The van der Waals surface area contributed by atoms with Crippen molar-refractivity contribution in [2.24, 2.45) is 0 Å². The molecular weight excluding hydrogens is 302 g/mol. The summed E-state index contributed by atoms with van der Waals surface area (Å²) in [4.78, 5) is 9.21. The van der Waals surface area contributed by atoms with E-state index in [0.29, 0.717) is 6.54 Å². The summed E-state index contributed by atoms with van der Waals surface area (Å²) < 4.78 is 13.1. The molecular formula is C19H17N3O2. The van der Waals surface area contributed by atoms with Gasteiger partial charge < -0.3 is 13.7 Å². The van der Waals surface area contributed by atoms with Gasteiger partial charge in [0.15, 0.2) is 17.2 Å². The highest BCUT2D eigenvalue weighted by atomic mass is 16.5. The minimum absolute atomic E-state index is 0.659. The summed E-state index contributed by atoms with van der Waals surface area (Å²) >= 11 is 0. The molecule has 0 aliphatic rings.